The Morgan fingerprint density at radius 1 is 1.03 bits per heavy atom. The Morgan fingerprint density at radius 2 is 1.79 bits per heavy atom. The molecule has 1 aromatic heterocycles. The average Bonchev–Trinajstić information content (AvgIpc) is 3.13. The molecule has 0 spiro atoms. The second-order valence-corrected chi connectivity index (χ2v) is 6.97. The lowest BCUT2D eigenvalue weighted by molar-refractivity contribution is -0.137. The van der Waals surface area contributed by atoms with E-state index in [1.165, 1.54) is 23.5 Å². The first-order valence-electron chi connectivity index (χ1n) is 8.55. The molecule has 0 atom stereocenters. The van der Waals surface area contributed by atoms with Crippen molar-refractivity contribution in [3.8, 4) is 0 Å². The lowest BCUT2D eigenvalue weighted by Crippen LogP contribution is -2.25. The summed E-state index contributed by atoms with van der Waals surface area (Å²) in [6.07, 6.45) is -4.47. The molecule has 0 bridgehead atoms. The third-order valence-electron chi connectivity index (χ3n) is 3.89. The van der Waals surface area contributed by atoms with Crippen molar-refractivity contribution < 1.29 is 22.8 Å². The topological polar surface area (TPSA) is 71.1 Å². The number of aromatic nitrogens is 1. The minimum Gasteiger partial charge on any atom is -0.352 e. The van der Waals surface area contributed by atoms with Gasteiger partial charge in [0.15, 0.2) is 5.13 Å². The summed E-state index contributed by atoms with van der Waals surface area (Å²) in [7, 11) is 0. The Balaban J connectivity index is 1.52. The van der Waals surface area contributed by atoms with Crippen LogP contribution in [-0.2, 0) is 23.9 Å². The van der Waals surface area contributed by atoms with Crippen LogP contribution < -0.4 is 10.6 Å². The van der Waals surface area contributed by atoms with Gasteiger partial charge in [-0.25, -0.2) is 4.98 Å². The summed E-state index contributed by atoms with van der Waals surface area (Å²) >= 11 is 1.19. The zero-order chi connectivity index (χ0) is 20.9. The number of carbonyl (C=O) groups is 2. The van der Waals surface area contributed by atoms with E-state index in [0.29, 0.717) is 22.0 Å². The molecule has 5 nitrogen and oxygen atoms in total. The van der Waals surface area contributed by atoms with Crippen molar-refractivity contribution in [2.75, 3.05) is 5.32 Å². The van der Waals surface area contributed by atoms with Crippen LogP contribution in [0.1, 0.15) is 27.2 Å². The van der Waals surface area contributed by atoms with Gasteiger partial charge in [0, 0.05) is 17.5 Å². The van der Waals surface area contributed by atoms with Gasteiger partial charge < -0.3 is 5.32 Å². The zero-order valence-electron chi connectivity index (χ0n) is 15.0. The molecule has 2 N–H and O–H groups in total. The third-order valence-corrected chi connectivity index (χ3v) is 4.70. The molecular weight excluding hydrogens is 403 g/mol. The zero-order valence-corrected chi connectivity index (χ0v) is 15.8. The van der Waals surface area contributed by atoms with Gasteiger partial charge in [-0.05, 0) is 29.8 Å². The van der Waals surface area contributed by atoms with Crippen molar-refractivity contribution >= 4 is 28.3 Å². The SMILES string of the molecule is O=C(Cc1csc(NC(=O)c2ccccc2)n1)NCc1cccc(C(F)(F)F)c1. The predicted octanol–water partition coefficient (Wildman–Crippen LogP) is 4.27. The maximum atomic E-state index is 12.7. The minimum atomic E-state index is -4.43. The van der Waals surface area contributed by atoms with Crippen LogP contribution in [0.25, 0.3) is 0 Å². The first kappa shape index (κ1) is 20.5. The molecule has 0 fully saturated rings. The summed E-state index contributed by atoms with van der Waals surface area (Å²) in [5.41, 5.74) is 0.535. The highest BCUT2D eigenvalue weighted by Gasteiger charge is 2.30. The van der Waals surface area contributed by atoms with E-state index in [1.54, 1.807) is 35.7 Å². The summed E-state index contributed by atoms with van der Waals surface area (Å²) in [4.78, 5) is 28.4. The summed E-state index contributed by atoms with van der Waals surface area (Å²) in [5, 5.41) is 7.24. The fraction of sp³-hybridized carbons (Fsp3) is 0.150. The van der Waals surface area contributed by atoms with Crippen LogP contribution in [0.2, 0.25) is 0 Å². The molecule has 9 heteroatoms. The molecular formula is C20H16F3N3O2S. The number of carbonyl (C=O) groups excluding carboxylic acids is 2. The summed E-state index contributed by atoms with van der Waals surface area (Å²) in [6.45, 7) is -0.0233. The molecule has 0 saturated carbocycles. The maximum absolute atomic E-state index is 12.7. The van der Waals surface area contributed by atoms with Crippen molar-refractivity contribution in [2.45, 2.75) is 19.1 Å². The van der Waals surface area contributed by atoms with Crippen LogP contribution >= 0.6 is 11.3 Å². The number of nitrogens with zero attached hydrogens (tertiary/aromatic N) is 1. The number of hydrogen-bond acceptors (Lipinski definition) is 4. The van der Waals surface area contributed by atoms with Crippen LogP contribution in [0.3, 0.4) is 0 Å². The van der Waals surface area contributed by atoms with E-state index in [9.17, 15) is 22.8 Å². The van der Waals surface area contributed by atoms with Gasteiger partial charge in [-0.15, -0.1) is 11.3 Å². The second-order valence-electron chi connectivity index (χ2n) is 6.12. The molecule has 0 aliphatic carbocycles. The first-order valence-corrected chi connectivity index (χ1v) is 9.43. The van der Waals surface area contributed by atoms with Gasteiger partial charge in [0.1, 0.15) is 0 Å². The number of halogens is 3. The van der Waals surface area contributed by atoms with Crippen molar-refractivity contribution in [3.05, 3.63) is 82.4 Å². The molecule has 0 radical (unpaired) electrons. The normalized spacial score (nSPS) is 11.1. The van der Waals surface area contributed by atoms with Crippen molar-refractivity contribution in [1.82, 2.24) is 10.3 Å². The molecule has 2 aromatic carbocycles. The Hall–Kier alpha value is -3.20. The quantitative estimate of drug-likeness (QED) is 0.627. The highest BCUT2D eigenvalue weighted by molar-refractivity contribution is 7.14. The fourth-order valence-electron chi connectivity index (χ4n) is 2.49. The number of rotatable bonds is 6. The first-order chi connectivity index (χ1) is 13.8. The Morgan fingerprint density at radius 3 is 2.52 bits per heavy atom. The standard InChI is InChI=1S/C20H16F3N3O2S/c21-20(22,23)15-8-4-5-13(9-15)11-24-17(27)10-16-12-29-19(25-16)26-18(28)14-6-2-1-3-7-14/h1-9,12H,10-11H2,(H,24,27)(H,25,26,28). The summed E-state index contributed by atoms with van der Waals surface area (Å²) in [5.74, 6) is -0.686. The van der Waals surface area contributed by atoms with Crippen molar-refractivity contribution in [3.63, 3.8) is 0 Å². The lowest BCUT2D eigenvalue weighted by Gasteiger charge is -2.09. The van der Waals surface area contributed by atoms with Gasteiger partial charge in [0.2, 0.25) is 5.91 Å². The van der Waals surface area contributed by atoms with Crippen molar-refractivity contribution in [1.29, 1.82) is 0 Å². The number of nitrogens with one attached hydrogen (secondary N) is 2. The van der Waals surface area contributed by atoms with Gasteiger partial charge >= 0.3 is 6.18 Å². The number of hydrogen-bond donors (Lipinski definition) is 2. The minimum absolute atomic E-state index is 0.0233. The largest absolute Gasteiger partial charge is 0.416 e. The molecule has 0 saturated heterocycles. The van der Waals surface area contributed by atoms with E-state index in [4.69, 9.17) is 0 Å². The third kappa shape index (κ3) is 5.89. The van der Waals surface area contributed by atoms with E-state index in [0.717, 1.165) is 12.1 Å². The molecule has 150 valence electrons. The van der Waals surface area contributed by atoms with Crippen LogP contribution in [0.5, 0.6) is 0 Å². The van der Waals surface area contributed by atoms with Crippen LogP contribution in [0.15, 0.2) is 60.0 Å². The number of alkyl halides is 3. The fourth-order valence-corrected chi connectivity index (χ4v) is 3.19. The summed E-state index contributed by atoms with van der Waals surface area (Å²) < 4.78 is 38.2. The summed E-state index contributed by atoms with van der Waals surface area (Å²) in [6, 6.07) is 13.4. The highest BCUT2D eigenvalue weighted by Crippen LogP contribution is 2.29. The number of amides is 2. The predicted molar refractivity (Wildman–Crippen MR) is 104 cm³/mol. The Kier molecular flexibility index (Phi) is 6.28. The molecule has 1 heterocycles. The van der Waals surface area contributed by atoms with Crippen molar-refractivity contribution in [2.24, 2.45) is 0 Å². The highest BCUT2D eigenvalue weighted by atomic mass is 32.1. The van der Waals surface area contributed by atoms with Crippen LogP contribution in [0.4, 0.5) is 18.3 Å². The lowest BCUT2D eigenvalue weighted by atomic mass is 10.1. The van der Waals surface area contributed by atoms with Gasteiger partial charge in [-0.2, -0.15) is 13.2 Å². The van der Waals surface area contributed by atoms with E-state index in [2.05, 4.69) is 15.6 Å². The van der Waals surface area contributed by atoms with E-state index in [1.807, 2.05) is 0 Å². The van der Waals surface area contributed by atoms with Gasteiger partial charge in [0.25, 0.3) is 5.91 Å². The molecule has 2 amide bonds. The van der Waals surface area contributed by atoms with Gasteiger partial charge in [-0.1, -0.05) is 30.3 Å². The van der Waals surface area contributed by atoms with E-state index < -0.39 is 11.7 Å². The Labute approximate surface area is 168 Å². The molecule has 3 aromatic rings. The van der Waals surface area contributed by atoms with Crippen LogP contribution in [-0.4, -0.2) is 16.8 Å². The number of anilines is 1. The molecule has 29 heavy (non-hydrogen) atoms. The molecule has 3 rings (SSSR count). The monoisotopic (exact) mass is 419 g/mol. The molecule has 0 aliphatic heterocycles. The average molecular weight is 419 g/mol. The van der Waals surface area contributed by atoms with E-state index in [-0.39, 0.29) is 24.8 Å². The Bertz CT molecular complexity index is 1000. The molecule has 0 unspecified atom stereocenters. The second kappa shape index (κ2) is 8.87. The molecule has 0 aliphatic rings. The smallest absolute Gasteiger partial charge is 0.352 e. The number of benzene rings is 2. The van der Waals surface area contributed by atoms with E-state index >= 15 is 0 Å². The number of thiazole rings is 1. The van der Waals surface area contributed by atoms with Gasteiger partial charge in [0.05, 0.1) is 17.7 Å². The maximum Gasteiger partial charge on any atom is 0.416 e. The van der Waals surface area contributed by atoms with Crippen LogP contribution in [0, 0.1) is 0 Å². The van der Waals surface area contributed by atoms with Gasteiger partial charge in [-0.3, -0.25) is 14.9 Å².